The summed E-state index contributed by atoms with van der Waals surface area (Å²) in [4.78, 5) is 103. The van der Waals surface area contributed by atoms with E-state index < -0.39 is 65.8 Å². The van der Waals surface area contributed by atoms with Gasteiger partial charge in [-0.15, -0.1) is 0 Å². The predicted octanol–water partition coefficient (Wildman–Crippen LogP) is 6.83. The monoisotopic (exact) mass is 1060 g/mol. The van der Waals surface area contributed by atoms with Crippen LogP contribution < -0.4 is 0 Å². The van der Waals surface area contributed by atoms with E-state index in [0.717, 1.165) is 10.8 Å². The Kier molecular flexibility index (Phi) is 16.5. The number of carbonyl (C=O) groups excluding carboxylic acids is 6. The number of benzene rings is 2. The van der Waals surface area contributed by atoms with Crippen molar-refractivity contribution in [2.24, 2.45) is 0 Å². The van der Waals surface area contributed by atoms with Gasteiger partial charge < -0.3 is 48.9 Å². The summed E-state index contributed by atoms with van der Waals surface area (Å²) in [6.45, 7) is 12.1. The first-order valence-electron chi connectivity index (χ1n) is 25.2. The van der Waals surface area contributed by atoms with Crippen molar-refractivity contribution >= 4 is 68.8 Å². The Balaban J connectivity index is 0.000000201. The first kappa shape index (κ1) is 55.1. The van der Waals surface area contributed by atoms with E-state index in [2.05, 4.69) is 19.9 Å². The summed E-state index contributed by atoms with van der Waals surface area (Å²) in [5.41, 5.74) is 4.47. The maximum atomic E-state index is 14.0. The number of likely N-dealkylation sites (tertiary alicyclic amines) is 1. The predicted molar refractivity (Wildman–Crippen MR) is 282 cm³/mol. The molecule has 10 rings (SSSR count). The number of aromatic nitrogens is 4. The summed E-state index contributed by atoms with van der Waals surface area (Å²) in [7, 11) is 0. The highest BCUT2D eigenvalue weighted by Crippen LogP contribution is 2.36. The first-order valence-corrected chi connectivity index (χ1v) is 25.2. The number of carbonyl (C=O) groups is 6. The van der Waals surface area contributed by atoms with Crippen LogP contribution in [0.5, 0.6) is 0 Å². The molecule has 4 aromatic heterocycles. The van der Waals surface area contributed by atoms with Gasteiger partial charge in [0.25, 0.3) is 11.8 Å². The number of rotatable bonds is 8. The summed E-state index contributed by atoms with van der Waals surface area (Å²) in [5, 5.41) is 11.5. The molecule has 77 heavy (non-hydrogen) atoms. The topological polar surface area (TPSA) is 221 Å². The maximum absolute atomic E-state index is 14.0. The van der Waals surface area contributed by atoms with Crippen LogP contribution in [0.4, 0.5) is 8.78 Å². The molecule has 0 radical (unpaired) electrons. The van der Waals surface area contributed by atoms with E-state index in [1.807, 2.05) is 12.1 Å². The number of aryl methyl sites for hydroxylation is 2. The third-order valence-electron chi connectivity index (χ3n) is 13.7. The second-order valence-corrected chi connectivity index (χ2v) is 19.7. The summed E-state index contributed by atoms with van der Waals surface area (Å²) in [6.07, 6.45) is 5.18. The highest BCUT2D eigenvalue weighted by molar-refractivity contribution is 6.20. The Hall–Kier alpha value is -8.10. The van der Waals surface area contributed by atoms with Crippen molar-refractivity contribution in [3.05, 3.63) is 142 Å². The number of nitrogens with zero attached hydrogens (tertiary/aromatic N) is 6. The summed E-state index contributed by atoms with van der Waals surface area (Å²) >= 11 is 0. The van der Waals surface area contributed by atoms with E-state index in [-0.39, 0.29) is 66.5 Å². The average Bonchev–Trinajstić information content (AvgIpc) is 4.17. The number of fused-ring (bicyclic) bond motifs is 6. The normalized spacial score (nSPS) is 18.3. The molecule has 0 spiro atoms. The van der Waals surface area contributed by atoms with Gasteiger partial charge >= 0.3 is 11.9 Å². The van der Waals surface area contributed by atoms with Crippen LogP contribution in [-0.4, -0.2) is 150 Å². The number of pyridine rings is 2. The van der Waals surface area contributed by atoms with Gasteiger partial charge in [-0.2, -0.15) is 0 Å². The van der Waals surface area contributed by atoms with Gasteiger partial charge in [-0.05, 0) is 131 Å². The average molecular weight is 1060 g/mol. The van der Waals surface area contributed by atoms with Crippen molar-refractivity contribution < 1.29 is 56.9 Å². The lowest BCUT2D eigenvalue weighted by Gasteiger charge is -2.34. The van der Waals surface area contributed by atoms with Crippen LogP contribution in [0.2, 0.25) is 0 Å². The fourth-order valence-corrected chi connectivity index (χ4v) is 9.89. The van der Waals surface area contributed by atoms with Gasteiger partial charge in [0.15, 0.2) is 0 Å². The van der Waals surface area contributed by atoms with Gasteiger partial charge in [-0.1, -0.05) is 7.43 Å². The third kappa shape index (κ3) is 11.4. The van der Waals surface area contributed by atoms with E-state index in [0.29, 0.717) is 78.6 Å². The highest BCUT2D eigenvalue weighted by Gasteiger charge is 2.42. The number of β-amino-alcohol motifs (C(OH)–C–C–N with tert-alkyl or cyclic N) is 1. The second kappa shape index (κ2) is 23.0. The fraction of sp³-hybridized carbons (Fsp3) is 0.368. The van der Waals surface area contributed by atoms with Crippen LogP contribution >= 0.6 is 0 Å². The molecule has 0 aliphatic carbocycles. The van der Waals surface area contributed by atoms with E-state index >= 15 is 0 Å². The van der Waals surface area contributed by atoms with E-state index in [1.54, 1.807) is 71.0 Å². The van der Waals surface area contributed by atoms with Gasteiger partial charge in [0.05, 0.1) is 54.1 Å². The van der Waals surface area contributed by atoms with Crippen LogP contribution in [0.1, 0.15) is 95.9 Å². The summed E-state index contributed by atoms with van der Waals surface area (Å²) in [6, 6.07) is 13.3. The third-order valence-corrected chi connectivity index (χ3v) is 13.7. The Bertz CT molecular complexity index is 3140. The molecular weight excluding hydrogens is 995 g/mol. The van der Waals surface area contributed by atoms with Crippen molar-refractivity contribution in [3.63, 3.8) is 0 Å². The van der Waals surface area contributed by atoms with Crippen molar-refractivity contribution in [1.82, 2.24) is 39.5 Å². The molecule has 4 aliphatic heterocycles. The molecule has 4 amide bonds. The molecule has 3 N–H and O–H groups in total. The van der Waals surface area contributed by atoms with Crippen LogP contribution in [0.15, 0.2) is 85.5 Å². The minimum absolute atomic E-state index is 0. The zero-order valence-electron chi connectivity index (χ0n) is 42.9. The smallest absolute Gasteiger partial charge is 0.342 e. The Morgan fingerprint density at radius 3 is 1.51 bits per heavy atom. The molecule has 2 saturated heterocycles. The number of H-pyrrole nitrogens is 2. The zero-order chi connectivity index (χ0) is 54.1. The Morgan fingerprint density at radius 1 is 0.662 bits per heavy atom. The first-order chi connectivity index (χ1) is 36.4. The molecule has 20 heteroatoms. The number of halogens is 2. The minimum atomic E-state index is -1.03. The SMILES string of the molecule is C.Cc1cc(C(=O)N2C=C(C(=O)OC(C)C)c3[nH]c4ncccc4c3CC2C(=O)N2CCC(O)C2)ccc1F.Cc1cc(C(=O)N2C=C(C(=O)OC(C)C)c3[nH]c4ncccc4c3CC2C(=O)N2CCOCC2)ccc1F. The van der Waals surface area contributed by atoms with Crippen LogP contribution in [0.25, 0.3) is 33.2 Å². The van der Waals surface area contributed by atoms with Crippen molar-refractivity contribution in [2.75, 3.05) is 39.4 Å². The van der Waals surface area contributed by atoms with Crippen LogP contribution in [-0.2, 0) is 46.2 Å². The van der Waals surface area contributed by atoms with Gasteiger partial charge in [-0.25, -0.2) is 28.3 Å². The molecule has 404 valence electrons. The lowest BCUT2D eigenvalue weighted by Crippen LogP contribution is -2.52. The molecule has 3 unspecified atom stereocenters. The molecule has 4 aliphatic rings. The molecular formula is C57H62F2N8O10. The minimum Gasteiger partial charge on any atom is -0.459 e. The number of hydrogen-bond acceptors (Lipinski definition) is 12. The molecule has 8 heterocycles. The molecule has 6 aromatic rings. The fourth-order valence-electron chi connectivity index (χ4n) is 9.89. The summed E-state index contributed by atoms with van der Waals surface area (Å²) in [5.74, 6) is -3.90. The Morgan fingerprint density at radius 2 is 1.10 bits per heavy atom. The number of ether oxygens (including phenoxy) is 3. The maximum Gasteiger partial charge on any atom is 0.342 e. The molecule has 2 aromatic carbocycles. The largest absolute Gasteiger partial charge is 0.459 e. The molecule has 0 saturated carbocycles. The summed E-state index contributed by atoms with van der Waals surface area (Å²) < 4.78 is 44.5. The number of morpholine rings is 1. The lowest BCUT2D eigenvalue weighted by atomic mass is 9.99. The Labute approximate surface area is 443 Å². The van der Waals surface area contributed by atoms with Crippen molar-refractivity contribution in [2.45, 2.75) is 98.6 Å². The molecule has 0 bridgehead atoms. The van der Waals surface area contributed by atoms with E-state index in [9.17, 15) is 42.7 Å². The lowest BCUT2D eigenvalue weighted by molar-refractivity contribution is -0.141. The standard InChI is InChI=1S/2C28H29FN4O5.CH4/c1-15(2)38-28(37)21-14-33(26(35)17-6-7-22(29)16(3)11-17)23(27(36)32-10-8-18(34)13-32)12-20-19-5-4-9-30-25(19)31-24(20)21;1-16(2)38-28(36)21-15-33(26(34)18-6-7-22(29)17(3)13-18)23(27(35)32-9-11-37-12-10-32)14-20-19-5-4-8-30-25(19)31-24(20)21;/h4-7,9,11,14-15,18,23,34H,8,10,12-13H2,1-3H3,(H,30,31);4-8,13,15-16,23H,9-12,14H2,1-3H3,(H,30,31);1H4. The van der Waals surface area contributed by atoms with Crippen molar-refractivity contribution in [3.8, 4) is 0 Å². The number of aromatic amines is 2. The quantitative estimate of drug-likeness (QED) is 0.134. The number of aliphatic hydroxyl groups excluding tert-OH is 1. The zero-order valence-corrected chi connectivity index (χ0v) is 42.9. The van der Waals surface area contributed by atoms with Crippen LogP contribution in [0, 0.1) is 25.5 Å². The van der Waals surface area contributed by atoms with Gasteiger partial charge in [-0.3, -0.25) is 19.2 Å². The van der Waals surface area contributed by atoms with Crippen LogP contribution in [0.3, 0.4) is 0 Å². The number of esters is 2. The van der Waals surface area contributed by atoms with Gasteiger partial charge in [0.2, 0.25) is 11.8 Å². The number of aliphatic hydroxyl groups is 1. The number of nitrogens with one attached hydrogen (secondary N) is 2. The van der Waals surface area contributed by atoms with Crippen molar-refractivity contribution in [1.29, 1.82) is 0 Å². The second-order valence-electron chi connectivity index (χ2n) is 19.7. The van der Waals surface area contributed by atoms with Gasteiger partial charge in [0, 0.05) is 85.7 Å². The van der Waals surface area contributed by atoms with E-state index in [4.69, 9.17) is 14.2 Å². The highest BCUT2D eigenvalue weighted by atomic mass is 19.1. The molecule has 2 fully saturated rings. The molecule has 3 atom stereocenters. The van der Waals surface area contributed by atoms with Gasteiger partial charge in [0.1, 0.15) is 35.0 Å². The molecule has 18 nitrogen and oxygen atoms in total. The number of hydrogen-bond donors (Lipinski definition) is 3. The van der Waals surface area contributed by atoms with E-state index in [1.165, 1.54) is 63.5 Å². The number of amides is 4.